The number of aliphatic imine (C=N–C) groups is 1. The standard InChI is InChI=1S/C16H21N.C13H14.C2H6/c1-5-6-7-10-17-12-16-9-8-15(13(2)3)11-14(16)4;1-3-10(2)12-8-7-11-5-4-6-13(11)9-12;1-2/h5-10,14H,1-2,11-12H2,3-4H3;3-4,6-9H,5H2,1-2H3;1-2H3/b7-6-,17-10?;10-3+;. The number of benzene rings is 1. The third kappa shape index (κ3) is 8.67. The smallest absolute Gasteiger partial charge is 0.0605 e. The summed E-state index contributed by atoms with van der Waals surface area (Å²) in [6.45, 7) is 20.9. The molecular formula is C31H41N. The maximum atomic E-state index is 4.37. The van der Waals surface area contributed by atoms with Crippen LogP contribution in [0.15, 0.2) is 95.6 Å². The summed E-state index contributed by atoms with van der Waals surface area (Å²) in [5.74, 6) is 0.562. The molecule has 0 bridgehead atoms. The Morgan fingerprint density at radius 2 is 1.91 bits per heavy atom. The fourth-order valence-corrected chi connectivity index (χ4v) is 3.43. The average molecular weight is 428 g/mol. The molecule has 0 saturated heterocycles. The van der Waals surface area contributed by atoms with Crippen LogP contribution in [0.25, 0.3) is 11.6 Å². The van der Waals surface area contributed by atoms with Gasteiger partial charge in [0.05, 0.1) is 6.54 Å². The van der Waals surface area contributed by atoms with Gasteiger partial charge in [-0.25, -0.2) is 0 Å². The summed E-state index contributed by atoms with van der Waals surface area (Å²) in [5.41, 5.74) is 9.45. The molecule has 0 heterocycles. The Kier molecular flexibility index (Phi) is 12.7. The molecule has 0 fully saturated rings. The first-order chi connectivity index (χ1) is 15.5. The fraction of sp³-hybridized carbons (Fsp3) is 0.323. The van der Waals surface area contributed by atoms with Crippen LogP contribution in [0.1, 0.15) is 64.7 Å². The second kappa shape index (κ2) is 15.0. The summed E-state index contributed by atoms with van der Waals surface area (Å²) >= 11 is 0. The molecule has 2 aliphatic carbocycles. The third-order valence-electron chi connectivity index (χ3n) is 5.59. The van der Waals surface area contributed by atoms with Gasteiger partial charge in [-0.05, 0) is 85.1 Å². The van der Waals surface area contributed by atoms with Crippen molar-refractivity contribution in [2.75, 3.05) is 6.54 Å². The van der Waals surface area contributed by atoms with Crippen molar-refractivity contribution in [3.63, 3.8) is 0 Å². The zero-order chi connectivity index (χ0) is 23.9. The van der Waals surface area contributed by atoms with Gasteiger partial charge in [-0.2, -0.15) is 0 Å². The van der Waals surface area contributed by atoms with Crippen molar-refractivity contribution in [3.8, 4) is 0 Å². The van der Waals surface area contributed by atoms with Crippen LogP contribution in [0.2, 0.25) is 0 Å². The fourth-order valence-electron chi connectivity index (χ4n) is 3.43. The predicted octanol–water partition coefficient (Wildman–Crippen LogP) is 8.97. The summed E-state index contributed by atoms with van der Waals surface area (Å²) in [6, 6.07) is 6.72. The highest BCUT2D eigenvalue weighted by molar-refractivity contribution is 5.71. The number of allylic oxidation sites excluding steroid dienone is 10. The molecule has 0 aliphatic heterocycles. The first-order valence-corrected chi connectivity index (χ1v) is 11.7. The SMILES string of the molecule is C/C=C(\C)c1ccc2c(c1)C=CC2.C=C/C=C\C=NCC1=CC=C(C(=C)C)CC1C.CC. The number of fused-ring (bicyclic) bond motifs is 1. The van der Waals surface area contributed by atoms with E-state index in [0.717, 1.165) is 19.4 Å². The van der Waals surface area contributed by atoms with Crippen molar-refractivity contribution >= 4 is 17.9 Å². The lowest BCUT2D eigenvalue weighted by atomic mass is 9.86. The zero-order valence-electron chi connectivity index (χ0n) is 21.0. The van der Waals surface area contributed by atoms with Crippen molar-refractivity contribution in [3.05, 3.63) is 107 Å². The van der Waals surface area contributed by atoms with Crippen LogP contribution in [0.4, 0.5) is 0 Å². The predicted molar refractivity (Wildman–Crippen MR) is 147 cm³/mol. The molecule has 1 aromatic rings. The second-order valence-electron chi connectivity index (χ2n) is 7.92. The number of rotatable bonds is 6. The molecule has 1 nitrogen and oxygen atoms in total. The van der Waals surface area contributed by atoms with E-state index in [1.54, 1.807) is 6.08 Å². The Morgan fingerprint density at radius 3 is 2.53 bits per heavy atom. The molecule has 0 N–H and O–H groups in total. The van der Waals surface area contributed by atoms with Crippen molar-refractivity contribution < 1.29 is 0 Å². The van der Waals surface area contributed by atoms with Crippen molar-refractivity contribution in [1.29, 1.82) is 0 Å². The highest BCUT2D eigenvalue weighted by Gasteiger charge is 2.14. The zero-order valence-corrected chi connectivity index (χ0v) is 21.0. The van der Waals surface area contributed by atoms with Gasteiger partial charge in [0.2, 0.25) is 0 Å². The molecule has 0 saturated carbocycles. The van der Waals surface area contributed by atoms with Crippen LogP contribution in [-0.4, -0.2) is 12.8 Å². The lowest BCUT2D eigenvalue weighted by Crippen LogP contribution is -2.08. The van der Waals surface area contributed by atoms with Gasteiger partial charge in [0.15, 0.2) is 0 Å². The molecule has 2 aliphatic rings. The summed E-state index contributed by atoms with van der Waals surface area (Å²) in [5, 5.41) is 0. The molecular weight excluding hydrogens is 386 g/mol. The minimum atomic E-state index is 0.562. The normalized spacial score (nSPS) is 17.1. The average Bonchev–Trinajstić information content (AvgIpc) is 3.29. The maximum absolute atomic E-state index is 4.37. The van der Waals surface area contributed by atoms with Crippen LogP contribution in [0.3, 0.4) is 0 Å². The van der Waals surface area contributed by atoms with E-state index in [2.05, 4.69) is 94.4 Å². The molecule has 1 unspecified atom stereocenters. The van der Waals surface area contributed by atoms with Crippen LogP contribution in [-0.2, 0) is 6.42 Å². The van der Waals surface area contributed by atoms with Crippen molar-refractivity contribution in [2.45, 2.75) is 54.4 Å². The van der Waals surface area contributed by atoms with E-state index < -0.39 is 0 Å². The van der Waals surface area contributed by atoms with Gasteiger partial charge in [-0.15, -0.1) is 0 Å². The van der Waals surface area contributed by atoms with Gasteiger partial charge in [0.1, 0.15) is 0 Å². The lowest BCUT2D eigenvalue weighted by molar-refractivity contribution is 0.653. The highest BCUT2D eigenvalue weighted by atomic mass is 14.7. The minimum absolute atomic E-state index is 0.562. The Bertz CT molecular complexity index is 945. The maximum Gasteiger partial charge on any atom is 0.0605 e. The molecule has 32 heavy (non-hydrogen) atoms. The molecule has 170 valence electrons. The summed E-state index contributed by atoms with van der Waals surface area (Å²) in [7, 11) is 0. The monoisotopic (exact) mass is 427 g/mol. The Hall–Kier alpha value is -2.93. The van der Waals surface area contributed by atoms with E-state index in [4.69, 9.17) is 0 Å². The Balaban J connectivity index is 0.000000305. The van der Waals surface area contributed by atoms with Gasteiger partial charge in [0.25, 0.3) is 0 Å². The molecule has 0 radical (unpaired) electrons. The summed E-state index contributed by atoms with van der Waals surface area (Å²) in [6.07, 6.45) is 20.5. The van der Waals surface area contributed by atoms with E-state index in [1.165, 1.54) is 39.0 Å². The highest BCUT2D eigenvalue weighted by Crippen LogP contribution is 2.28. The van der Waals surface area contributed by atoms with Crippen LogP contribution < -0.4 is 0 Å². The van der Waals surface area contributed by atoms with Crippen LogP contribution in [0.5, 0.6) is 0 Å². The lowest BCUT2D eigenvalue weighted by Gasteiger charge is -2.20. The van der Waals surface area contributed by atoms with Crippen molar-refractivity contribution in [2.24, 2.45) is 10.9 Å². The number of hydrogen-bond donors (Lipinski definition) is 0. The summed E-state index contributed by atoms with van der Waals surface area (Å²) < 4.78 is 0. The van der Waals surface area contributed by atoms with E-state index in [9.17, 15) is 0 Å². The third-order valence-corrected chi connectivity index (χ3v) is 5.59. The largest absolute Gasteiger partial charge is 0.289 e. The second-order valence-corrected chi connectivity index (χ2v) is 7.92. The molecule has 0 aromatic heterocycles. The minimum Gasteiger partial charge on any atom is -0.289 e. The number of nitrogens with zero attached hydrogens (tertiary/aromatic N) is 1. The summed E-state index contributed by atoms with van der Waals surface area (Å²) in [4.78, 5) is 4.37. The molecule has 3 rings (SSSR count). The molecule has 0 amide bonds. The van der Waals surface area contributed by atoms with Crippen LogP contribution in [0, 0.1) is 5.92 Å². The molecule has 1 aromatic carbocycles. The first kappa shape index (κ1) is 27.1. The van der Waals surface area contributed by atoms with E-state index in [1.807, 2.05) is 32.2 Å². The molecule has 1 heteroatoms. The van der Waals surface area contributed by atoms with Gasteiger partial charge in [0, 0.05) is 6.21 Å². The quantitative estimate of drug-likeness (QED) is 0.317. The molecule has 0 spiro atoms. The Labute approximate surface area is 197 Å². The van der Waals surface area contributed by atoms with Gasteiger partial charge in [-0.1, -0.05) is 94.2 Å². The first-order valence-electron chi connectivity index (χ1n) is 11.7. The van der Waals surface area contributed by atoms with E-state index in [0.29, 0.717) is 5.92 Å². The molecule has 1 atom stereocenters. The van der Waals surface area contributed by atoms with Crippen LogP contribution >= 0.6 is 0 Å². The van der Waals surface area contributed by atoms with Crippen molar-refractivity contribution in [1.82, 2.24) is 0 Å². The van der Waals surface area contributed by atoms with Gasteiger partial charge >= 0.3 is 0 Å². The van der Waals surface area contributed by atoms with Gasteiger partial charge in [-0.3, -0.25) is 4.99 Å². The topological polar surface area (TPSA) is 12.4 Å². The van der Waals surface area contributed by atoms with Gasteiger partial charge < -0.3 is 0 Å². The van der Waals surface area contributed by atoms with E-state index >= 15 is 0 Å². The van der Waals surface area contributed by atoms with E-state index in [-0.39, 0.29) is 0 Å². The number of hydrogen-bond acceptors (Lipinski definition) is 1. The Morgan fingerprint density at radius 1 is 1.16 bits per heavy atom.